The van der Waals surface area contributed by atoms with E-state index in [-0.39, 0.29) is 0 Å². The molecule has 0 aliphatic heterocycles. The van der Waals surface area contributed by atoms with Gasteiger partial charge in [-0.1, -0.05) is 0 Å². The minimum absolute atomic E-state index is 0.309. The van der Waals surface area contributed by atoms with Gasteiger partial charge in [0.1, 0.15) is 11.6 Å². The first-order valence-corrected chi connectivity index (χ1v) is 6.77. The SMILES string of the molecule is CCNc1cc(N(CC)C(C)CN(C)C)nc(N)n1. The fourth-order valence-corrected chi connectivity index (χ4v) is 2.20. The third-order valence-corrected chi connectivity index (χ3v) is 2.88. The number of anilines is 3. The number of likely N-dealkylation sites (N-methyl/N-ethyl adjacent to an activating group) is 2. The molecule has 0 radical (unpaired) electrons. The summed E-state index contributed by atoms with van der Waals surface area (Å²) < 4.78 is 0. The van der Waals surface area contributed by atoms with Crippen LogP contribution in [0.2, 0.25) is 0 Å². The summed E-state index contributed by atoms with van der Waals surface area (Å²) in [5, 5.41) is 3.18. The molecule has 108 valence electrons. The molecule has 19 heavy (non-hydrogen) atoms. The zero-order valence-corrected chi connectivity index (χ0v) is 12.6. The average Bonchev–Trinajstić information content (AvgIpc) is 2.28. The first-order valence-electron chi connectivity index (χ1n) is 6.77. The maximum absolute atomic E-state index is 5.78. The van der Waals surface area contributed by atoms with Gasteiger partial charge in [-0.2, -0.15) is 9.97 Å². The quantitative estimate of drug-likeness (QED) is 0.774. The smallest absolute Gasteiger partial charge is 0.223 e. The molecular formula is C13H26N6. The highest BCUT2D eigenvalue weighted by atomic mass is 15.3. The number of aromatic nitrogens is 2. The van der Waals surface area contributed by atoms with E-state index in [4.69, 9.17) is 5.73 Å². The molecule has 1 aromatic rings. The number of hydrogen-bond donors (Lipinski definition) is 2. The standard InChI is InChI=1S/C13H26N6/c1-6-15-11-8-12(17-13(14)16-11)19(7-2)10(3)9-18(4)5/h8,10H,6-7,9H2,1-5H3,(H3,14,15,16,17). The van der Waals surface area contributed by atoms with Crippen LogP contribution in [0.1, 0.15) is 20.8 Å². The highest BCUT2D eigenvalue weighted by molar-refractivity contribution is 5.53. The zero-order chi connectivity index (χ0) is 14.4. The van der Waals surface area contributed by atoms with Gasteiger partial charge in [0.2, 0.25) is 5.95 Å². The van der Waals surface area contributed by atoms with E-state index in [2.05, 4.69) is 53.0 Å². The van der Waals surface area contributed by atoms with Gasteiger partial charge in [0.25, 0.3) is 0 Å². The van der Waals surface area contributed by atoms with Crippen molar-refractivity contribution in [2.75, 3.05) is 49.7 Å². The lowest BCUT2D eigenvalue weighted by Gasteiger charge is -2.31. The van der Waals surface area contributed by atoms with E-state index in [9.17, 15) is 0 Å². The third-order valence-electron chi connectivity index (χ3n) is 2.88. The summed E-state index contributed by atoms with van der Waals surface area (Å²) in [6.45, 7) is 9.01. The predicted molar refractivity (Wildman–Crippen MR) is 81.6 cm³/mol. The molecule has 1 rings (SSSR count). The van der Waals surface area contributed by atoms with Crippen LogP contribution in [-0.2, 0) is 0 Å². The number of nitrogens with two attached hydrogens (primary N) is 1. The maximum atomic E-state index is 5.78. The molecule has 0 amide bonds. The van der Waals surface area contributed by atoms with E-state index in [1.54, 1.807) is 0 Å². The third kappa shape index (κ3) is 4.55. The lowest BCUT2D eigenvalue weighted by Crippen LogP contribution is -2.40. The predicted octanol–water partition coefficient (Wildman–Crippen LogP) is 1.27. The molecule has 1 unspecified atom stereocenters. The fourth-order valence-electron chi connectivity index (χ4n) is 2.20. The van der Waals surface area contributed by atoms with E-state index >= 15 is 0 Å². The van der Waals surface area contributed by atoms with Gasteiger partial charge >= 0.3 is 0 Å². The summed E-state index contributed by atoms with van der Waals surface area (Å²) in [6.07, 6.45) is 0. The normalized spacial score (nSPS) is 12.5. The van der Waals surface area contributed by atoms with Gasteiger partial charge in [0.15, 0.2) is 0 Å². The largest absolute Gasteiger partial charge is 0.370 e. The Labute approximate surface area is 116 Å². The maximum Gasteiger partial charge on any atom is 0.223 e. The van der Waals surface area contributed by atoms with Gasteiger partial charge in [0, 0.05) is 31.7 Å². The Bertz CT molecular complexity index is 393. The molecule has 0 fully saturated rings. The van der Waals surface area contributed by atoms with Crippen molar-refractivity contribution >= 4 is 17.6 Å². The Morgan fingerprint density at radius 1 is 1.32 bits per heavy atom. The van der Waals surface area contributed by atoms with Crippen molar-refractivity contribution in [2.45, 2.75) is 26.8 Å². The molecule has 0 saturated carbocycles. The highest BCUT2D eigenvalue weighted by Crippen LogP contribution is 2.19. The van der Waals surface area contributed by atoms with Gasteiger partial charge in [-0.25, -0.2) is 0 Å². The number of nitrogens with one attached hydrogen (secondary N) is 1. The van der Waals surface area contributed by atoms with Gasteiger partial charge < -0.3 is 20.9 Å². The summed E-state index contributed by atoms with van der Waals surface area (Å²) in [5.74, 6) is 1.96. The summed E-state index contributed by atoms with van der Waals surface area (Å²) in [6, 6.07) is 2.32. The van der Waals surface area contributed by atoms with Crippen LogP contribution in [0.4, 0.5) is 17.6 Å². The van der Waals surface area contributed by atoms with Crippen LogP contribution in [0.5, 0.6) is 0 Å². The second-order valence-electron chi connectivity index (χ2n) is 4.90. The van der Waals surface area contributed by atoms with Crippen molar-refractivity contribution in [3.8, 4) is 0 Å². The van der Waals surface area contributed by atoms with Crippen molar-refractivity contribution in [3.05, 3.63) is 6.07 Å². The topological polar surface area (TPSA) is 70.3 Å². The van der Waals surface area contributed by atoms with Crippen molar-refractivity contribution in [1.29, 1.82) is 0 Å². The summed E-state index contributed by atoms with van der Waals surface area (Å²) >= 11 is 0. The lowest BCUT2D eigenvalue weighted by molar-refractivity contribution is 0.372. The van der Waals surface area contributed by atoms with Crippen molar-refractivity contribution < 1.29 is 0 Å². The van der Waals surface area contributed by atoms with Crippen molar-refractivity contribution in [3.63, 3.8) is 0 Å². The number of nitrogen functional groups attached to an aromatic ring is 1. The second-order valence-corrected chi connectivity index (χ2v) is 4.90. The average molecular weight is 266 g/mol. The first kappa shape index (κ1) is 15.5. The Balaban J connectivity index is 2.96. The van der Waals surface area contributed by atoms with Crippen LogP contribution in [0, 0.1) is 0 Å². The molecule has 0 saturated heterocycles. The van der Waals surface area contributed by atoms with Crippen LogP contribution in [0.3, 0.4) is 0 Å². The molecule has 6 heteroatoms. The Morgan fingerprint density at radius 2 is 2.00 bits per heavy atom. The zero-order valence-electron chi connectivity index (χ0n) is 12.6. The van der Waals surface area contributed by atoms with Crippen LogP contribution in [0.25, 0.3) is 0 Å². The molecule has 1 aromatic heterocycles. The number of rotatable bonds is 7. The summed E-state index contributed by atoms with van der Waals surface area (Å²) in [5.41, 5.74) is 5.78. The first-order chi connectivity index (χ1) is 8.97. The minimum atomic E-state index is 0.309. The molecule has 6 nitrogen and oxygen atoms in total. The van der Waals surface area contributed by atoms with Gasteiger partial charge in [-0.15, -0.1) is 0 Å². The Morgan fingerprint density at radius 3 is 2.53 bits per heavy atom. The van der Waals surface area contributed by atoms with E-state index < -0.39 is 0 Å². The van der Waals surface area contributed by atoms with Crippen molar-refractivity contribution in [2.24, 2.45) is 0 Å². The van der Waals surface area contributed by atoms with Crippen molar-refractivity contribution in [1.82, 2.24) is 14.9 Å². The van der Waals surface area contributed by atoms with E-state index in [1.807, 2.05) is 13.0 Å². The van der Waals surface area contributed by atoms with Gasteiger partial charge in [-0.3, -0.25) is 0 Å². The second kappa shape index (κ2) is 7.13. The Kier molecular flexibility index (Phi) is 5.82. The molecule has 0 aromatic carbocycles. The summed E-state index contributed by atoms with van der Waals surface area (Å²) in [7, 11) is 4.14. The highest BCUT2D eigenvalue weighted by Gasteiger charge is 2.16. The Hall–Kier alpha value is -1.56. The number of hydrogen-bond acceptors (Lipinski definition) is 6. The van der Waals surface area contributed by atoms with Crippen LogP contribution in [0.15, 0.2) is 6.07 Å². The minimum Gasteiger partial charge on any atom is -0.370 e. The molecule has 3 N–H and O–H groups in total. The lowest BCUT2D eigenvalue weighted by atomic mass is 10.2. The molecule has 1 heterocycles. The molecular weight excluding hydrogens is 240 g/mol. The van der Waals surface area contributed by atoms with E-state index in [0.717, 1.165) is 31.3 Å². The van der Waals surface area contributed by atoms with E-state index in [0.29, 0.717) is 12.0 Å². The summed E-state index contributed by atoms with van der Waals surface area (Å²) in [4.78, 5) is 12.9. The molecule has 0 aliphatic carbocycles. The fraction of sp³-hybridized carbons (Fsp3) is 0.692. The monoisotopic (exact) mass is 266 g/mol. The molecule has 0 aliphatic rings. The molecule has 0 bridgehead atoms. The van der Waals surface area contributed by atoms with Gasteiger partial charge in [-0.05, 0) is 34.9 Å². The molecule has 0 spiro atoms. The van der Waals surface area contributed by atoms with Crippen LogP contribution >= 0.6 is 0 Å². The van der Waals surface area contributed by atoms with Crippen LogP contribution in [-0.4, -0.2) is 54.6 Å². The van der Waals surface area contributed by atoms with E-state index in [1.165, 1.54) is 0 Å². The van der Waals surface area contributed by atoms with Gasteiger partial charge in [0.05, 0.1) is 0 Å². The molecule has 1 atom stereocenters. The number of nitrogens with zero attached hydrogens (tertiary/aromatic N) is 4. The van der Waals surface area contributed by atoms with Crippen LogP contribution < -0.4 is 16.0 Å².